The summed E-state index contributed by atoms with van der Waals surface area (Å²) in [4.78, 5) is 27.5. The molecular formula is C21H22N4O2S. The Hall–Kier alpha value is -3.19. The van der Waals surface area contributed by atoms with E-state index >= 15 is 0 Å². The molecule has 144 valence electrons. The molecule has 0 unspecified atom stereocenters. The molecule has 3 amide bonds. The molecule has 0 fully saturated rings. The predicted molar refractivity (Wildman–Crippen MR) is 111 cm³/mol. The lowest BCUT2D eigenvalue weighted by Gasteiger charge is -2.07. The molecule has 28 heavy (non-hydrogen) atoms. The topological polar surface area (TPSA) is 97.1 Å². The van der Waals surface area contributed by atoms with Gasteiger partial charge in [-0.2, -0.15) is 0 Å². The standard InChI is InChI=1S/C21H22N4O2S/c1-14-25-19(13-28-14)17-6-2-15(3-7-17)10-11-23-20(26)18-8-4-16(5-9-18)12-24-21(22)27/h2-9,13H,10-12H2,1H3,(H,23,26)(H3,22,24,27). The number of amides is 3. The molecule has 2 aromatic carbocycles. The Kier molecular flexibility index (Phi) is 6.39. The fourth-order valence-corrected chi connectivity index (χ4v) is 3.35. The molecule has 1 heterocycles. The van der Waals surface area contributed by atoms with Crippen molar-refractivity contribution in [3.63, 3.8) is 0 Å². The summed E-state index contributed by atoms with van der Waals surface area (Å²) in [7, 11) is 0. The van der Waals surface area contributed by atoms with Gasteiger partial charge in [0.1, 0.15) is 0 Å². The highest BCUT2D eigenvalue weighted by Gasteiger charge is 2.06. The van der Waals surface area contributed by atoms with Gasteiger partial charge in [-0.3, -0.25) is 4.79 Å². The lowest BCUT2D eigenvalue weighted by atomic mass is 10.1. The number of nitrogens with zero attached hydrogens (tertiary/aromatic N) is 1. The third-order valence-corrected chi connectivity index (χ3v) is 5.02. The highest BCUT2D eigenvalue weighted by atomic mass is 32.1. The number of urea groups is 1. The van der Waals surface area contributed by atoms with Crippen LogP contribution in [0.15, 0.2) is 53.9 Å². The summed E-state index contributed by atoms with van der Waals surface area (Å²) in [6.07, 6.45) is 0.753. The maximum atomic E-state index is 12.2. The van der Waals surface area contributed by atoms with Crippen LogP contribution in [0.25, 0.3) is 11.3 Å². The SMILES string of the molecule is Cc1nc(-c2ccc(CCNC(=O)c3ccc(CNC(N)=O)cc3)cc2)cs1. The highest BCUT2D eigenvalue weighted by molar-refractivity contribution is 7.09. The smallest absolute Gasteiger partial charge is 0.312 e. The van der Waals surface area contributed by atoms with Gasteiger partial charge < -0.3 is 16.4 Å². The summed E-state index contributed by atoms with van der Waals surface area (Å²) in [5.41, 5.74) is 9.76. The average Bonchev–Trinajstić information content (AvgIpc) is 3.13. The first-order valence-electron chi connectivity index (χ1n) is 8.93. The van der Waals surface area contributed by atoms with E-state index in [0.29, 0.717) is 18.7 Å². The molecule has 0 saturated carbocycles. The zero-order chi connectivity index (χ0) is 19.9. The van der Waals surface area contributed by atoms with Crippen molar-refractivity contribution in [2.45, 2.75) is 19.9 Å². The fourth-order valence-electron chi connectivity index (χ4n) is 2.72. The maximum absolute atomic E-state index is 12.2. The van der Waals surface area contributed by atoms with Crippen LogP contribution < -0.4 is 16.4 Å². The van der Waals surface area contributed by atoms with E-state index in [9.17, 15) is 9.59 Å². The molecule has 0 spiro atoms. The molecule has 0 aliphatic heterocycles. The van der Waals surface area contributed by atoms with Crippen LogP contribution in [0.3, 0.4) is 0 Å². The van der Waals surface area contributed by atoms with Gasteiger partial charge in [0, 0.05) is 29.6 Å². The first-order valence-corrected chi connectivity index (χ1v) is 9.81. The molecule has 0 aliphatic carbocycles. The van der Waals surface area contributed by atoms with Crippen molar-refractivity contribution >= 4 is 23.3 Å². The molecule has 1 aromatic heterocycles. The minimum absolute atomic E-state index is 0.121. The lowest BCUT2D eigenvalue weighted by Crippen LogP contribution is -2.28. The third-order valence-electron chi connectivity index (χ3n) is 4.25. The molecule has 6 nitrogen and oxygen atoms in total. The number of nitrogens with one attached hydrogen (secondary N) is 2. The van der Waals surface area contributed by atoms with Crippen molar-refractivity contribution in [3.05, 3.63) is 75.6 Å². The van der Waals surface area contributed by atoms with Crippen LogP contribution in [0, 0.1) is 6.92 Å². The van der Waals surface area contributed by atoms with Crippen molar-refractivity contribution in [2.75, 3.05) is 6.54 Å². The Balaban J connectivity index is 1.47. The highest BCUT2D eigenvalue weighted by Crippen LogP contribution is 2.21. The molecule has 0 atom stereocenters. The largest absolute Gasteiger partial charge is 0.352 e. The number of rotatable bonds is 7. The Bertz CT molecular complexity index is 949. The Morgan fingerprint density at radius 3 is 2.29 bits per heavy atom. The molecule has 0 bridgehead atoms. The molecular weight excluding hydrogens is 372 g/mol. The number of primary amides is 1. The van der Waals surface area contributed by atoms with Crippen molar-refractivity contribution < 1.29 is 9.59 Å². The van der Waals surface area contributed by atoms with Gasteiger partial charge in [0.15, 0.2) is 0 Å². The number of carbonyl (C=O) groups excluding carboxylic acids is 2. The summed E-state index contributed by atoms with van der Waals surface area (Å²) in [5.74, 6) is -0.121. The summed E-state index contributed by atoms with van der Waals surface area (Å²) in [5, 5.41) is 8.55. The van der Waals surface area contributed by atoms with E-state index in [2.05, 4.69) is 45.3 Å². The quantitative estimate of drug-likeness (QED) is 0.574. The van der Waals surface area contributed by atoms with Gasteiger partial charge in [-0.1, -0.05) is 36.4 Å². The second-order valence-electron chi connectivity index (χ2n) is 6.37. The van der Waals surface area contributed by atoms with E-state index in [1.165, 1.54) is 0 Å². The molecule has 3 rings (SSSR count). The summed E-state index contributed by atoms with van der Waals surface area (Å²) in [6.45, 7) is 2.89. The van der Waals surface area contributed by atoms with Gasteiger partial charge in [-0.25, -0.2) is 9.78 Å². The minimum Gasteiger partial charge on any atom is -0.352 e. The van der Waals surface area contributed by atoms with Crippen molar-refractivity contribution in [3.8, 4) is 11.3 Å². The molecule has 4 N–H and O–H groups in total. The van der Waals surface area contributed by atoms with Crippen LogP contribution in [0.1, 0.15) is 26.5 Å². The van der Waals surface area contributed by atoms with Crippen LogP contribution in [-0.4, -0.2) is 23.5 Å². The minimum atomic E-state index is -0.573. The number of hydrogen-bond donors (Lipinski definition) is 3. The van der Waals surface area contributed by atoms with Crippen LogP contribution in [0.4, 0.5) is 4.79 Å². The van der Waals surface area contributed by atoms with E-state index in [-0.39, 0.29) is 5.91 Å². The summed E-state index contributed by atoms with van der Waals surface area (Å²) in [6, 6.07) is 14.7. The van der Waals surface area contributed by atoms with Crippen LogP contribution in [0.2, 0.25) is 0 Å². The van der Waals surface area contributed by atoms with Crippen molar-refractivity contribution in [1.29, 1.82) is 0 Å². The maximum Gasteiger partial charge on any atom is 0.312 e. The summed E-state index contributed by atoms with van der Waals surface area (Å²) >= 11 is 1.64. The van der Waals surface area contributed by atoms with Crippen LogP contribution in [-0.2, 0) is 13.0 Å². The zero-order valence-corrected chi connectivity index (χ0v) is 16.4. The molecule has 0 saturated heterocycles. The predicted octanol–water partition coefficient (Wildman–Crippen LogP) is 3.26. The number of aryl methyl sites for hydroxylation is 1. The van der Waals surface area contributed by atoms with E-state index in [1.807, 2.05) is 6.92 Å². The second kappa shape index (κ2) is 9.14. The number of benzene rings is 2. The van der Waals surface area contributed by atoms with Gasteiger partial charge in [0.2, 0.25) is 0 Å². The number of thiazole rings is 1. The van der Waals surface area contributed by atoms with Crippen LogP contribution >= 0.6 is 11.3 Å². The van der Waals surface area contributed by atoms with Gasteiger partial charge in [0.25, 0.3) is 5.91 Å². The Morgan fingerprint density at radius 2 is 1.68 bits per heavy atom. The zero-order valence-electron chi connectivity index (χ0n) is 15.6. The van der Waals surface area contributed by atoms with Crippen molar-refractivity contribution in [2.24, 2.45) is 5.73 Å². The first-order chi connectivity index (χ1) is 13.5. The van der Waals surface area contributed by atoms with Gasteiger partial charge in [0.05, 0.1) is 10.7 Å². The number of nitrogens with two attached hydrogens (primary N) is 1. The normalized spacial score (nSPS) is 10.5. The molecule has 0 radical (unpaired) electrons. The number of aromatic nitrogens is 1. The first kappa shape index (κ1) is 19.6. The van der Waals surface area contributed by atoms with E-state index in [0.717, 1.165) is 33.8 Å². The van der Waals surface area contributed by atoms with Crippen LogP contribution in [0.5, 0.6) is 0 Å². The Morgan fingerprint density at radius 1 is 1.00 bits per heavy atom. The van der Waals surface area contributed by atoms with Crippen molar-refractivity contribution in [1.82, 2.24) is 15.6 Å². The lowest BCUT2D eigenvalue weighted by molar-refractivity contribution is 0.0954. The van der Waals surface area contributed by atoms with E-state index in [1.54, 1.807) is 35.6 Å². The molecule has 7 heteroatoms. The van der Waals surface area contributed by atoms with E-state index in [4.69, 9.17) is 5.73 Å². The molecule has 3 aromatic rings. The second-order valence-corrected chi connectivity index (χ2v) is 7.43. The fraction of sp³-hybridized carbons (Fsp3) is 0.190. The molecule has 0 aliphatic rings. The number of carbonyl (C=O) groups is 2. The average molecular weight is 395 g/mol. The Labute approximate surface area is 167 Å². The third kappa shape index (κ3) is 5.40. The number of hydrogen-bond acceptors (Lipinski definition) is 4. The van der Waals surface area contributed by atoms with Gasteiger partial charge in [-0.05, 0) is 36.6 Å². The van der Waals surface area contributed by atoms with Gasteiger partial charge in [-0.15, -0.1) is 11.3 Å². The summed E-state index contributed by atoms with van der Waals surface area (Å²) < 4.78 is 0. The monoisotopic (exact) mass is 394 g/mol. The van der Waals surface area contributed by atoms with Gasteiger partial charge >= 0.3 is 6.03 Å². The van der Waals surface area contributed by atoms with E-state index < -0.39 is 6.03 Å².